The first kappa shape index (κ1) is 16.2. The first-order valence-electron chi connectivity index (χ1n) is 7.57. The van der Waals surface area contributed by atoms with Crippen LogP contribution in [0.3, 0.4) is 0 Å². The summed E-state index contributed by atoms with van der Waals surface area (Å²) in [5, 5.41) is 4.14. The van der Waals surface area contributed by atoms with Crippen LogP contribution in [0.25, 0.3) is 0 Å². The molecule has 118 valence electrons. The molecule has 1 aromatic heterocycles. The number of carbonyl (C=O) groups is 1. The summed E-state index contributed by atoms with van der Waals surface area (Å²) in [6.07, 6.45) is 1.98. The highest BCUT2D eigenvalue weighted by Gasteiger charge is 2.23. The van der Waals surface area contributed by atoms with Crippen molar-refractivity contribution in [2.45, 2.75) is 39.7 Å². The number of nitrogens with zero attached hydrogens (tertiary/aromatic N) is 2. The van der Waals surface area contributed by atoms with Gasteiger partial charge in [-0.15, -0.1) is 11.3 Å². The summed E-state index contributed by atoms with van der Waals surface area (Å²) >= 11 is 1.70. The van der Waals surface area contributed by atoms with E-state index in [1.165, 1.54) is 4.88 Å². The molecule has 6 heteroatoms. The van der Waals surface area contributed by atoms with E-state index in [1.807, 2.05) is 14.0 Å². The highest BCUT2D eigenvalue weighted by Crippen LogP contribution is 2.28. The smallest absolute Gasteiger partial charge is 0.317 e. The number of aryl methyl sites for hydroxylation is 2. The zero-order chi connectivity index (χ0) is 15.4. The van der Waals surface area contributed by atoms with E-state index in [1.54, 1.807) is 16.2 Å². The van der Waals surface area contributed by atoms with Crippen molar-refractivity contribution in [2.24, 2.45) is 5.92 Å². The number of thiazole rings is 1. The zero-order valence-corrected chi connectivity index (χ0v) is 14.1. The van der Waals surface area contributed by atoms with Crippen LogP contribution in [0, 0.1) is 12.8 Å². The Morgan fingerprint density at radius 3 is 2.95 bits per heavy atom. The number of rotatable bonds is 5. The maximum Gasteiger partial charge on any atom is 0.317 e. The lowest BCUT2D eigenvalue weighted by molar-refractivity contribution is 0.179. The predicted molar refractivity (Wildman–Crippen MR) is 84.7 cm³/mol. The van der Waals surface area contributed by atoms with E-state index in [0.29, 0.717) is 12.5 Å². The summed E-state index contributed by atoms with van der Waals surface area (Å²) in [6, 6.07) is 0.0166. The van der Waals surface area contributed by atoms with Crippen LogP contribution in [-0.4, -0.2) is 42.7 Å². The Morgan fingerprint density at radius 1 is 1.62 bits per heavy atom. The van der Waals surface area contributed by atoms with Gasteiger partial charge in [-0.25, -0.2) is 9.78 Å². The van der Waals surface area contributed by atoms with Crippen molar-refractivity contribution >= 4 is 17.4 Å². The van der Waals surface area contributed by atoms with Crippen LogP contribution in [0.1, 0.15) is 41.9 Å². The maximum absolute atomic E-state index is 12.3. The van der Waals surface area contributed by atoms with Crippen LogP contribution in [0.15, 0.2) is 0 Å². The first-order chi connectivity index (χ1) is 10.0. The van der Waals surface area contributed by atoms with E-state index in [9.17, 15) is 4.79 Å². The Hall–Kier alpha value is -1.14. The standard InChI is InChI=1S/C15H25N3O2S/c1-5-13-17-10(2)14(21-13)11(3)18(4)15(19)16-8-12-6-7-20-9-12/h11-12H,5-9H2,1-4H3,(H,16,19). The number of carbonyl (C=O) groups excluding carboxylic acids is 1. The minimum atomic E-state index is -0.0275. The van der Waals surface area contributed by atoms with Crippen LogP contribution in [0.5, 0.6) is 0 Å². The lowest BCUT2D eigenvalue weighted by Crippen LogP contribution is -2.40. The summed E-state index contributed by atoms with van der Waals surface area (Å²) in [6.45, 7) is 8.44. The van der Waals surface area contributed by atoms with Crippen LogP contribution < -0.4 is 5.32 Å². The summed E-state index contributed by atoms with van der Waals surface area (Å²) in [5.74, 6) is 0.453. The Morgan fingerprint density at radius 2 is 2.38 bits per heavy atom. The Bertz CT molecular complexity index is 483. The van der Waals surface area contributed by atoms with Gasteiger partial charge in [0, 0.05) is 31.0 Å². The molecule has 21 heavy (non-hydrogen) atoms. The van der Waals surface area contributed by atoms with Crippen molar-refractivity contribution in [2.75, 3.05) is 26.8 Å². The Kier molecular flexibility index (Phi) is 5.58. The number of hydrogen-bond donors (Lipinski definition) is 1. The molecule has 1 saturated heterocycles. The molecule has 1 aromatic rings. The van der Waals surface area contributed by atoms with Gasteiger partial charge in [0.25, 0.3) is 0 Å². The van der Waals surface area contributed by atoms with E-state index in [4.69, 9.17) is 4.74 Å². The largest absolute Gasteiger partial charge is 0.381 e. The zero-order valence-electron chi connectivity index (χ0n) is 13.3. The fraction of sp³-hybridized carbons (Fsp3) is 0.733. The fourth-order valence-electron chi connectivity index (χ4n) is 2.46. The van der Waals surface area contributed by atoms with Crippen molar-refractivity contribution in [3.8, 4) is 0 Å². The minimum absolute atomic E-state index is 0.0275. The third-order valence-electron chi connectivity index (χ3n) is 4.03. The van der Waals surface area contributed by atoms with E-state index in [-0.39, 0.29) is 12.1 Å². The molecule has 1 fully saturated rings. The van der Waals surface area contributed by atoms with Crippen LogP contribution in [0.2, 0.25) is 0 Å². The first-order valence-corrected chi connectivity index (χ1v) is 8.39. The lowest BCUT2D eigenvalue weighted by Gasteiger charge is -2.25. The van der Waals surface area contributed by atoms with Gasteiger partial charge in [-0.2, -0.15) is 0 Å². The summed E-state index contributed by atoms with van der Waals surface area (Å²) in [7, 11) is 1.84. The van der Waals surface area contributed by atoms with Gasteiger partial charge in [-0.3, -0.25) is 0 Å². The number of aromatic nitrogens is 1. The molecule has 0 aromatic carbocycles. The van der Waals surface area contributed by atoms with Crippen LogP contribution >= 0.6 is 11.3 Å². The number of hydrogen-bond acceptors (Lipinski definition) is 4. The molecule has 1 N–H and O–H groups in total. The van der Waals surface area contributed by atoms with Crippen molar-refractivity contribution in [3.63, 3.8) is 0 Å². The predicted octanol–water partition coefficient (Wildman–Crippen LogP) is 2.75. The van der Waals surface area contributed by atoms with Gasteiger partial charge < -0.3 is 15.0 Å². The monoisotopic (exact) mass is 311 g/mol. The van der Waals surface area contributed by atoms with E-state index in [2.05, 4.69) is 24.1 Å². The quantitative estimate of drug-likeness (QED) is 0.909. The number of urea groups is 1. The van der Waals surface area contributed by atoms with Gasteiger partial charge in [0.2, 0.25) is 0 Å². The topological polar surface area (TPSA) is 54.5 Å². The second kappa shape index (κ2) is 7.22. The van der Waals surface area contributed by atoms with Crippen molar-refractivity contribution < 1.29 is 9.53 Å². The minimum Gasteiger partial charge on any atom is -0.381 e. The molecular weight excluding hydrogens is 286 g/mol. The SMILES string of the molecule is CCc1nc(C)c(C(C)N(C)C(=O)NCC2CCOC2)s1. The summed E-state index contributed by atoms with van der Waals surface area (Å²) < 4.78 is 5.33. The van der Waals surface area contributed by atoms with Crippen molar-refractivity contribution in [1.82, 2.24) is 15.2 Å². The van der Waals surface area contributed by atoms with Gasteiger partial charge in [-0.1, -0.05) is 6.92 Å². The molecule has 0 spiro atoms. The molecule has 1 aliphatic rings. The third kappa shape index (κ3) is 3.95. The molecule has 2 heterocycles. The Labute approximate surface area is 130 Å². The second-order valence-electron chi connectivity index (χ2n) is 5.61. The van der Waals surface area contributed by atoms with Gasteiger partial charge in [0.05, 0.1) is 23.4 Å². The maximum atomic E-state index is 12.3. The van der Waals surface area contributed by atoms with Crippen LogP contribution in [-0.2, 0) is 11.2 Å². The fourth-order valence-corrected chi connectivity index (χ4v) is 3.56. The molecule has 0 radical (unpaired) electrons. The summed E-state index contributed by atoms with van der Waals surface area (Å²) in [5.41, 5.74) is 1.04. The number of nitrogens with one attached hydrogen (secondary N) is 1. The molecule has 0 bridgehead atoms. The van der Waals surface area contributed by atoms with Gasteiger partial charge >= 0.3 is 6.03 Å². The van der Waals surface area contributed by atoms with Crippen LogP contribution in [0.4, 0.5) is 4.79 Å². The molecule has 1 aliphatic heterocycles. The number of amides is 2. The second-order valence-corrected chi connectivity index (χ2v) is 6.73. The molecular formula is C15H25N3O2S. The molecule has 2 unspecified atom stereocenters. The molecule has 2 atom stereocenters. The lowest BCUT2D eigenvalue weighted by atomic mass is 10.1. The van der Waals surface area contributed by atoms with Gasteiger partial charge in [0.1, 0.15) is 0 Å². The molecule has 5 nitrogen and oxygen atoms in total. The van der Waals surface area contributed by atoms with Gasteiger partial charge in [-0.05, 0) is 26.7 Å². The highest BCUT2D eigenvalue weighted by molar-refractivity contribution is 7.11. The molecule has 0 aliphatic carbocycles. The normalized spacial score (nSPS) is 19.5. The van der Waals surface area contributed by atoms with E-state index in [0.717, 1.165) is 36.8 Å². The number of ether oxygens (including phenoxy) is 1. The Balaban J connectivity index is 1.92. The summed E-state index contributed by atoms with van der Waals surface area (Å²) in [4.78, 5) is 19.7. The molecule has 0 saturated carbocycles. The molecule has 2 rings (SSSR count). The van der Waals surface area contributed by atoms with Crippen molar-refractivity contribution in [3.05, 3.63) is 15.6 Å². The van der Waals surface area contributed by atoms with E-state index < -0.39 is 0 Å². The molecule has 2 amide bonds. The van der Waals surface area contributed by atoms with Gasteiger partial charge in [0.15, 0.2) is 0 Å². The third-order valence-corrected chi connectivity index (χ3v) is 5.50. The highest BCUT2D eigenvalue weighted by atomic mass is 32.1. The van der Waals surface area contributed by atoms with Crippen molar-refractivity contribution in [1.29, 1.82) is 0 Å². The average Bonchev–Trinajstić information content (AvgIpc) is 3.12. The van der Waals surface area contributed by atoms with E-state index >= 15 is 0 Å². The average molecular weight is 311 g/mol.